The van der Waals surface area contributed by atoms with E-state index in [2.05, 4.69) is 37.2 Å². The van der Waals surface area contributed by atoms with Crippen LogP contribution in [-0.4, -0.2) is 12.6 Å². The largest absolute Gasteiger partial charge is 0.314 e. The summed E-state index contributed by atoms with van der Waals surface area (Å²) in [5.74, 6) is 2.64. The minimum atomic E-state index is 0.592. The first kappa shape index (κ1) is 12.3. The lowest BCUT2D eigenvalue weighted by molar-refractivity contribution is 0.594. The van der Waals surface area contributed by atoms with Crippen molar-refractivity contribution in [3.63, 3.8) is 0 Å². The Labute approximate surface area is 82.6 Å². The third kappa shape index (κ3) is 11.3. The van der Waals surface area contributed by atoms with Gasteiger partial charge >= 0.3 is 0 Å². The molecule has 0 amide bonds. The van der Waals surface area contributed by atoms with Crippen LogP contribution in [0.4, 0.5) is 0 Å². The molecule has 0 aromatic heterocycles. The topological polar surface area (TPSA) is 12.0 Å². The van der Waals surface area contributed by atoms with Crippen molar-refractivity contribution >= 4 is 0 Å². The Kier molecular flexibility index (Phi) is 8.82. The van der Waals surface area contributed by atoms with Gasteiger partial charge in [-0.05, 0) is 25.8 Å². The molecule has 1 nitrogen and oxygen atoms in total. The Hall–Kier alpha value is -0.740. The number of allylic oxidation sites excluding steroid dienone is 1. The van der Waals surface area contributed by atoms with Crippen molar-refractivity contribution in [2.75, 3.05) is 6.54 Å². The van der Waals surface area contributed by atoms with Gasteiger partial charge in [0.1, 0.15) is 0 Å². The van der Waals surface area contributed by atoms with Crippen LogP contribution in [0.1, 0.15) is 39.5 Å². The highest BCUT2D eigenvalue weighted by Crippen LogP contribution is 1.95. The fourth-order valence-electron chi connectivity index (χ4n) is 1.01. The number of terminal acetylenes is 1. The van der Waals surface area contributed by atoms with E-state index in [0.29, 0.717) is 6.04 Å². The van der Waals surface area contributed by atoms with Crippen LogP contribution in [0.2, 0.25) is 0 Å². The second-order valence-electron chi connectivity index (χ2n) is 3.47. The molecular weight excluding hydrogens is 158 g/mol. The van der Waals surface area contributed by atoms with Crippen LogP contribution in [-0.2, 0) is 0 Å². The molecule has 1 heteroatoms. The Morgan fingerprint density at radius 2 is 2.00 bits per heavy atom. The van der Waals surface area contributed by atoms with Gasteiger partial charge in [0.15, 0.2) is 0 Å². The Balaban J connectivity index is 3.09. The van der Waals surface area contributed by atoms with E-state index in [1.165, 1.54) is 0 Å². The molecule has 0 atom stereocenters. The lowest BCUT2D eigenvalue weighted by Gasteiger charge is -2.04. The Morgan fingerprint density at radius 3 is 2.62 bits per heavy atom. The van der Waals surface area contributed by atoms with Gasteiger partial charge in [-0.25, -0.2) is 0 Å². The summed E-state index contributed by atoms with van der Waals surface area (Å²) >= 11 is 0. The molecule has 13 heavy (non-hydrogen) atoms. The molecule has 0 aromatic carbocycles. The van der Waals surface area contributed by atoms with Gasteiger partial charge in [0.25, 0.3) is 0 Å². The van der Waals surface area contributed by atoms with Gasteiger partial charge in [-0.1, -0.05) is 26.0 Å². The fourth-order valence-corrected chi connectivity index (χ4v) is 1.01. The maximum absolute atomic E-state index is 5.14. The molecule has 0 bridgehead atoms. The number of nitrogens with one attached hydrogen (secondary N) is 1. The lowest BCUT2D eigenvalue weighted by Crippen LogP contribution is -2.23. The fraction of sp³-hybridized carbons (Fsp3) is 0.667. The van der Waals surface area contributed by atoms with Gasteiger partial charge in [-0.3, -0.25) is 0 Å². The third-order valence-corrected chi connectivity index (χ3v) is 1.72. The predicted octanol–water partition coefficient (Wildman–Crippen LogP) is 2.73. The zero-order chi connectivity index (χ0) is 9.94. The lowest BCUT2D eigenvalue weighted by atomic mass is 10.2. The van der Waals surface area contributed by atoms with E-state index in [0.717, 1.165) is 32.2 Å². The molecule has 0 unspecified atom stereocenters. The minimum absolute atomic E-state index is 0.592. The van der Waals surface area contributed by atoms with Crippen molar-refractivity contribution in [1.82, 2.24) is 5.32 Å². The monoisotopic (exact) mass is 179 g/mol. The Bertz CT molecular complexity index is 162. The standard InChI is InChI=1S/C12H21N/c1-4-5-6-7-8-9-10-11-13-12(2)3/h1,8-9,12-13H,5-7,10-11H2,2-3H3/b9-8+. The van der Waals surface area contributed by atoms with E-state index in [9.17, 15) is 0 Å². The summed E-state index contributed by atoms with van der Waals surface area (Å²) in [4.78, 5) is 0. The molecule has 1 N–H and O–H groups in total. The number of rotatable bonds is 7. The second-order valence-corrected chi connectivity index (χ2v) is 3.47. The summed E-state index contributed by atoms with van der Waals surface area (Å²) in [5, 5.41) is 3.36. The van der Waals surface area contributed by atoms with Gasteiger partial charge in [0.05, 0.1) is 0 Å². The van der Waals surface area contributed by atoms with E-state index >= 15 is 0 Å². The van der Waals surface area contributed by atoms with Crippen molar-refractivity contribution in [1.29, 1.82) is 0 Å². The van der Waals surface area contributed by atoms with Crippen molar-refractivity contribution in [3.05, 3.63) is 12.2 Å². The molecule has 0 aliphatic rings. The molecule has 0 rings (SSSR count). The van der Waals surface area contributed by atoms with E-state index in [1.54, 1.807) is 0 Å². The molecule has 0 saturated carbocycles. The van der Waals surface area contributed by atoms with Crippen molar-refractivity contribution < 1.29 is 0 Å². The molecule has 0 saturated heterocycles. The zero-order valence-corrected chi connectivity index (χ0v) is 8.84. The van der Waals surface area contributed by atoms with E-state index in [1.807, 2.05) is 0 Å². The van der Waals surface area contributed by atoms with Gasteiger partial charge in [0.2, 0.25) is 0 Å². The summed E-state index contributed by atoms with van der Waals surface area (Å²) in [6, 6.07) is 0.592. The SMILES string of the molecule is C#CCCC/C=C/CCNC(C)C. The van der Waals surface area contributed by atoms with Crippen LogP contribution < -0.4 is 5.32 Å². The van der Waals surface area contributed by atoms with Crippen LogP contribution in [0.15, 0.2) is 12.2 Å². The first-order chi connectivity index (χ1) is 6.27. The smallest absolute Gasteiger partial charge is 0.00890 e. The van der Waals surface area contributed by atoms with Crippen LogP contribution in [0, 0.1) is 12.3 Å². The molecule has 0 aliphatic carbocycles. The van der Waals surface area contributed by atoms with Crippen molar-refractivity contribution in [2.24, 2.45) is 0 Å². The zero-order valence-electron chi connectivity index (χ0n) is 8.84. The number of hydrogen-bond donors (Lipinski definition) is 1. The molecular formula is C12H21N. The molecule has 0 radical (unpaired) electrons. The predicted molar refractivity (Wildman–Crippen MR) is 59.6 cm³/mol. The third-order valence-electron chi connectivity index (χ3n) is 1.72. The van der Waals surface area contributed by atoms with Gasteiger partial charge < -0.3 is 5.32 Å². The highest BCUT2D eigenvalue weighted by Gasteiger charge is 1.87. The second kappa shape index (κ2) is 9.35. The molecule has 0 aliphatic heterocycles. The summed E-state index contributed by atoms with van der Waals surface area (Å²) in [6.07, 6.45) is 13.8. The van der Waals surface area contributed by atoms with Gasteiger partial charge in [-0.15, -0.1) is 12.3 Å². The van der Waals surface area contributed by atoms with Crippen LogP contribution in [0.5, 0.6) is 0 Å². The maximum Gasteiger partial charge on any atom is 0.00890 e. The van der Waals surface area contributed by atoms with Crippen LogP contribution in [0.25, 0.3) is 0 Å². The normalized spacial score (nSPS) is 10.9. The van der Waals surface area contributed by atoms with Crippen molar-refractivity contribution in [3.8, 4) is 12.3 Å². The average molecular weight is 179 g/mol. The minimum Gasteiger partial charge on any atom is -0.314 e. The van der Waals surface area contributed by atoms with Crippen LogP contribution >= 0.6 is 0 Å². The quantitative estimate of drug-likeness (QED) is 0.360. The molecule has 74 valence electrons. The maximum atomic E-state index is 5.14. The Morgan fingerprint density at radius 1 is 1.31 bits per heavy atom. The highest BCUT2D eigenvalue weighted by molar-refractivity contribution is 4.87. The first-order valence-electron chi connectivity index (χ1n) is 5.09. The number of unbranched alkanes of at least 4 members (excludes halogenated alkanes) is 2. The summed E-state index contributed by atoms with van der Waals surface area (Å²) in [6.45, 7) is 5.40. The average Bonchev–Trinajstić information content (AvgIpc) is 2.09. The summed E-state index contributed by atoms with van der Waals surface area (Å²) in [7, 11) is 0. The van der Waals surface area contributed by atoms with E-state index < -0.39 is 0 Å². The molecule has 0 aromatic rings. The highest BCUT2D eigenvalue weighted by atomic mass is 14.9. The first-order valence-corrected chi connectivity index (χ1v) is 5.09. The molecule has 0 fully saturated rings. The molecule has 0 spiro atoms. The van der Waals surface area contributed by atoms with E-state index in [4.69, 9.17) is 6.42 Å². The van der Waals surface area contributed by atoms with E-state index in [-0.39, 0.29) is 0 Å². The summed E-state index contributed by atoms with van der Waals surface area (Å²) in [5.41, 5.74) is 0. The summed E-state index contributed by atoms with van der Waals surface area (Å²) < 4.78 is 0. The van der Waals surface area contributed by atoms with Crippen LogP contribution in [0.3, 0.4) is 0 Å². The molecule has 0 heterocycles. The van der Waals surface area contributed by atoms with Crippen molar-refractivity contribution in [2.45, 2.75) is 45.6 Å². The van der Waals surface area contributed by atoms with Gasteiger partial charge in [0, 0.05) is 12.5 Å². The van der Waals surface area contributed by atoms with Gasteiger partial charge in [-0.2, -0.15) is 0 Å². The number of hydrogen-bond acceptors (Lipinski definition) is 1.